The first kappa shape index (κ1) is 22.9. The van der Waals surface area contributed by atoms with E-state index in [1.54, 1.807) is 11.0 Å². The number of carbonyl (C=O) groups excluding carboxylic acids is 2. The number of carbonyl (C=O) groups is 2. The first-order valence-corrected chi connectivity index (χ1v) is 13.0. The number of nitrogens with zero attached hydrogens (tertiary/aromatic N) is 2. The summed E-state index contributed by atoms with van der Waals surface area (Å²) in [5.41, 5.74) is 2.60. The summed E-state index contributed by atoms with van der Waals surface area (Å²) in [6, 6.07) is 7.55. The zero-order chi connectivity index (χ0) is 23.2. The SMILES string of the molecule is CC(=O)N1CCc2cc(Br)cc(S(=O)(=O)CCC(=O)N3c4ccc(F)cc4CCC3C)c21. The lowest BCUT2D eigenvalue weighted by Gasteiger charge is -2.35. The lowest BCUT2D eigenvalue weighted by molar-refractivity contribution is -0.119. The fourth-order valence-corrected chi connectivity index (χ4v) is 6.74. The molecule has 0 aliphatic carbocycles. The Labute approximate surface area is 195 Å². The Kier molecular flexibility index (Phi) is 6.15. The van der Waals surface area contributed by atoms with Crippen molar-refractivity contribution in [1.82, 2.24) is 0 Å². The van der Waals surface area contributed by atoms with Gasteiger partial charge in [0.25, 0.3) is 0 Å². The third kappa shape index (κ3) is 4.20. The number of halogens is 2. The maximum atomic E-state index is 13.6. The molecule has 2 amide bonds. The van der Waals surface area contributed by atoms with Crippen LogP contribution in [0.1, 0.15) is 37.8 Å². The molecule has 4 rings (SSSR count). The number of aryl methyl sites for hydroxylation is 1. The van der Waals surface area contributed by atoms with Gasteiger partial charge >= 0.3 is 0 Å². The monoisotopic (exact) mass is 522 g/mol. The summed E-state index contributed by atoms with van der Waals surface area (Å²) in [4.78, 5) is 28.3. The first-order valence-electron chi connectivity index (χ1n) is 10.5. The molecule has 2 aromatic rings. The Morgan fingerprint density at radius 3 is 2.62 bits per heavy atom. The van der Waals surface area contributed by atoms with Crippen LogP contribution in [0.3, 0.4) is 0 Å². The molecule has 2 aromatic carbocycles. The van der Waals surface area contributed by atoms with Crippen LogP contribution in [0.4, 0.5) is 15.8 Å². The van der Waals surface area contributed by atoms with E-state index < -0.39 is 9.84 Å². The predicted molar refractivity (Wildman–Crippen MR) is 124 cm³/mol. The molecule has 0 N–H and O–H groups in total. The minimum Gasteiger partial charge on any atom is -0.311 e. The number of benzene rings is 2. The highest BCUT2D eigenvalue weighted by atomic mass is 79.9. The first-order chi connectivity index (χ1) is 15.1. The fourth-order valence-electron chi connectivity index (χ4n) is 4.57. The molecular weight excluding hydrogens is 499 g/mol. The minimum absolute atomic E-state index is 0.0662. The molecule has 0 bridgehead atoms. The van der Waals surface area contributed by atoms with E-state index in [9.17, 15) is 22.4 Å². The molecule has 0 saturated heterocycles. The highest BCUT2D eigenvalue weighted by Crippen LogP contribution is 2.38. The average molecular weight is 523 g/mol. The van der Waals surface area contributed by atoms with Gasteiger partial charge in [-0.15, -0.1) is 0 Å². The van der Waals surface area contributed by atoms with Gasteiger partial charge in [0.05, 0.1) is 16.3 Å². The third-order valence-electron chi connectivity index (χ3n) is 6.14. The van der Waals surface area contributed by atoms with E-state index in [0.29, 0.717) is 41.7 Å². The lowest BCUT2D eigenvalue weighted by atomic mass is 9.96. The maximum Gasteiger partial charge on any atom is 0.228 e. The minimum atomic E-state index is -3.84. The maximum absolute atomic E-state index is 13.6. The Hall–Kier alpha value is -2.26. The van der Waals surface area contributed by atoms with E-state index in [1.807, 2.05) is 13.0 Å². The van der Waals surface area contributed by atoms with Gasteiger partial charge < -0.3 is 9.80 Å². The van der Waals surface area contributed by atoms with E-state index in [1.165, 1.54) is 30.0 Å². The third-order valence-corrected chi connectivity index (χ3v) is 8.32. The number of fused-ring (bicyclic) bond motifs is 2. The highest BCUT2D eigenvalue weighted by molar-refractivity contribution is 9.10. The fraction of sp³-hybridized carbons (Fsp3) is 0.391. The number of anilines is 2. The van der Waals surface area contributed by atoms with Gasteiger partial charge in [-0.1, -0.05) is 15.9 Å². The molecule has 0 spiro atoms. The topological polar surface area (TPSA) is 74.8 Å². The normalized spacial score (nSPS) is 17.8. The Morgan fingerprint density at radius 1 is 1.16 bits per heavy atom. The molecule has 1 unspecified atom stereocenters. The van der Waals surface area contributed by atoms with Crippen LogP contribution in [0.15, 0.2) is 39.7 Å². The molecule has 0 fully saturated rings. The van der Waals surface area contributed by atoms with E-state index in [-0.39, 0.29) is 40.7 Å². The number of amides is 2. The summed E-state index contributed by atoms with van der Waals surface area (Å²) >= 11 is 3.37. The molecule has 32 heavy (non-hydrogen) atoms. The zero-order valence-corrected chi connectivity index (χ0v) is 20.3. The van der Waals surface area contributed by atoms with Crippen molar-refractivity contribution in [2.75, 3.05) is 22.1 Å². The molecule has 6 nitrogen and oxygen atoms in total. The quantitative estimate of drug-likeness (QED) is 0.607. The molecule has 2 aliphatic rings. The predicted octanol–water partition coefficient (Wildman–Crippen LogP) is 4.03. The van der Waals surface area contributed by atoms with Crippen LogP contribution in [0.2, 0.25) is 0 Å². The van der Waals surface area contributed by atoms with Crippen molar-refractivity contribution in [2.45, 2.75) is 50.5 Å². The van der Waals surface area contributed by atoms with Crippen LogP contribution in [0.5, 0.6) is 0 Å². The summed E-state index contributed by atoms with van der Waals surface area (Å²) in [5, 5.41) is 0. The average Bonchev–Trinajstić information content (AvgIpc) is 3.15. The summed E-state index contributed by atoms with van der Waals surface area (Å²) in [6.45, 7) is 3.75. The number of hydrogen-bond acceptors (Lipinski definition) is 4. The number of sulfone groups is 1. The van der Waals surface area contributed by atoms with E-state index >= 15 is 0 Å². The van der Waals surface area contributed by atoms with E-state index in [2.05, 4.69) is 15.9 Å². The van der Waals surface area contributed by atoms with Gasteiger partial charge in [-0.05, 0) is 67.6 Å². The van der Waals surface area contributed by atoms with Crippen molar-refractivity contribution >= 4 is 49.0 Å². The molecular formula is C23H24BrFN2O4S. The van der Waals surface area contributed by atoms with Crippen molar-refractivity contribution in [1.29, 1.82) is 0 Å². The second kappa shape index (κ2) is 8.59. The standard InChI is InChI=1S/C23H24BrFN2O4S/c1-14-3-4-16-12-19(25)5-6-20(16)27(14)22(29)8-10-32(30,31)21-13-18(24)11-17-7-9-26(15(2)28)23(17)21/h5-6,11-14H,3-4,7-10H2,1-2H3. The largest absolute Gasteiger partial charge is 0.311 e. The van der Waals surface area contributed by atoms with Crippen LogP contribution in [0, 0.1) is 5.82 Å². The zero-order valence-electron chi connectivity index (χ0n) is 17.9. The Balaban J connectivity index is 1.60. The smallest absolute Gasteiger partial charge is 0.228 e. The molecule has 0 radical (unpaired) electrons. The van der Waals surface area contributed by atoms with Crippen LogP contribution in [0.25, 0.3) is 0 Å². The summed E-state index contributed by atoms with van der Waals surface area (Å²) in [7, 11) is -3.84. The van der Waals surface area contributed by atoms with Crippen molar-refractivity contribution in [2.24, 2.45) is 0 Å². The lowest BCUT2D eigenvalue weighted by Crippen LogP contribution is -2.42. The number of rotatable bonds is 4. The van der Waals surface area contributed by atoms with Crippen LogP contribution in [-0.4, -0.2) is 38.6 Å². The molecule has 2 heterocycles. The highest BCUT2D eigenvalue weighted by Gasteiger charge is 2.33. The van der Waals surface area contributed by atoms with Crippen molar-refractivity contribution in [3.63, 3.8) is 0 Å². The molecule has 0 aromatic heterocycles. The Morgan fingerprint density at radius 2 is 1.91 bits per heavy atom. The van der Waals surface area contributed by atoms with Crippen molar-refractivity contribution in [3.8, 4) is 0 Å². The van der Waals surface area contributed by atoms with Gasteiger partial charge in [0.1, 0.15) is 5.82 Å². The van der Waals surface area contributed by atoms with Crippen LogP contribution in [-0.2, 0) is 32.3 Å². The molecule has 170 valence electrons. The van der Waals surface area contributed by atoms with Gasteiger partial charge in [-0.25, -0.2) is 12.8 Å². The summed E-state index contributed by atoms with van der Waals surface area (Å²) in [6.07, 6.45) is 1.72. The van der Waals surface area contributed by atoms with Gasteiger partial charge in [-0.3, -0.25) is 9.59 Å². The second-order valence-corrected chi connectivity index (χ2v) is 11.3. The summed E-state index contributed by atoms with van der Waals surface area (Å²) < 4.78 is 40.8. The molecule has 9 heteroatoms. The molecule has 2 aliphatic heterocycles. The van der Waals surface area contributed by atoms with Gasteiger partial charge in [-0.2, -0.15) is 0 Å². The second-order valence-electron chi connectivity index (χ2n) is 8.33. The van der Waals surface area contributed by atoms with Gasteiger partial charge in [0.2, 0.25) is 11.8 Å². The van der Waals surface area contributed by atoms with Crippen molar-refractivity contribution in [3.05, 3.63) is 51.7 Å². The Bertz CT molecular complexity index is 1210. The van der Waals surface area contributed by atoms with Crippen molar-refractivity contribution < 1.29 is 22.4 Å². The van der Waals surface area contributed by atoms with E-state index in [0.717, 1.165) is 11.1 Å². The van der Waals surface area contributed by atoms with Crippen LogP contribution < -0.4 is 9.80 Å². The van der Waals surface area contributed by atoms with Gasteiger partial charge in [0, 0.05) is 36.1 Å². The van der Waals surface area contributed by atoms with Gasteiger partial charge in [0.15, 0.2) is 9.84 Å². The summed E-state index contributed by atoms with van der Waals surface area (Å²) in [5.74, 6) is -1.26. The molecule has 1 atom stereocenters. The number of hydrogen-bond donors (Lipinski definition) is 0. The van der Waals surface area contributed by atoms with E-state index in [4.69, 9.17) is 0 Å². The van der Waals surface area contributed by atoms with Crippen LogP contribution >= 0.6 is 15.9 Å². The molecule has 0 saturated carbocycles.